The Hall–Kier alpha value is -1.46. The molecule has 0 aromatic heterocycles. The Balaban J connectivity index is 1.66. The van der Waals surface area contributed by atoms with Gasteiger partial charge in [0.2, 0.25) is 5.91 Å². The molecule has 0 unspecified atom stereocenters. The number of nitrogens with zero attached hydrogens (tertiary/aromatic N) is 1. The monoisotopic (exact) mass is 384 g/mol. The summed E-state index contributed by atoms with van der Waals surface area (Å²) >= 11 is 18.0. The second-order valence-corrected chi connectivity index (χ2v) is 6.68. The maximum atomic E-state index is 12.3. The van der Waals surface area contributed by atoms with E-state index < -0.39 is 0 Å². The molecule has 1 heterocycles. The van der Waals surface area contributed by atoms with Crippen molar-refractivity contribution in [1.82, 2.24) is 4.90 Å². The number of anilines is 1. The van der Waals surface area contributed by atoms with Crippen molar-refractivity contribution >= 4 is 46.4 Å². The van der Waals surface area contributed by atoms with Crippen LogP contribution in [-0.2, 0) is 11.3 Å². The summed E-state index contributed by atoms with van der Waals surface area (Å²) in [7, 11) is 0. The molecule has 4 nitrogen and oxygen atoms in total. The molecule has 2 aromatic carbocycles. The molecular formula is C17H15Cl3N2O2. The van der Waals surface area contributed by atoms with Crippen LogP contribution in [0.3, 0.4) is 0 Å². The average molecular weight is 386 g/mol. The minimum Gasteiger partial charge on any atom is -0.492 e. The molecule has 126 valence electrons. The third-order valence-electron chi connectivity index (χ3n) is 3.68. The predicted molar refractivity (Wildman–Crippen MR) is 97.3 cm³/mol. The number of para-hydroxylation sites is 1. The number of ether oxygens (including phenoxy) is 1. The van der Waals surface area contributed by atoms with Crippen molar-refractivity contribution in [2.75, 3.05) is 25.0 Å². The number of benzene rings is 2. The second kappa shape index (κ2) is 7.62. The number of hydrogen-bond donors (Lipinski definition) is 1. The fourth-order valence-electron chi connectivity index (χ4n) is 2.53. The summed E-state index contributed by atoms with van der Waals surface area (Å²) in [5, 5.41) is 3.81. The van der Waals surface area contributed by atoms with Gasteiger partial charge in [0.1, 0.15) is 12.4 Å². The Morgan fingerprint density at radius 1 is 1.12 bits per heavy atom. The van der Waals surface area contributed by atoms with Crippen molar-refractivity contribution in [3.8, 4) is 5.75 Å². The van der Waals surface area contributed by atoms with E-state index >= 15 is 0 Å². The molecule has 3 rings (SSSR count). The van der Waals surface area contributed by atoms with Crippen molar-refractivity contribution in [2.24, 2.45) is 0 Å². The lowest BCUT2D eigenvalue weighted by atomic mass is 10.2. The number of carbonyl (C=O) groups excluding carboxylic acids is 1. The molecule has 0 aliphatic carbocycles. The van der Waals surface area contributed by atoms with Gasteiger partial charge < -0.3 is 10.1 Å². The maximum absolute atomic E-state index is 12.3. The molecule has 1 N–H and O–H groups in total. The summed E-state index contributed by atoms with van der Waals surface area (Å²) in [4.78, 5) is 14.3. The smallest absolute Gasteiger partial charge is 0.238 e. The van der Waals surface area contributed by atoms with Crippen LogP contribution >= 0.6 is 34.8 Å². The predicted octanol–water partition coefficient (Wildman–Crippen LogP) is 4.48. The largest absolute Gasteiger partial charge is 0.492 e. The van der Waals surface area contributed by atoms with E-state index in [1.807, 2.05) is 29.2 Å². The zero-order valence-corrected chi connectivity index (χ0v) is 15.0. The first kappa shape index (κ1) is 17.4. The van der Waals surface area contributed by atoms with Gasteiger partial charge in [-0.15, -0.1) is 0 Å². The Morgan fingerprint density at radius 2 is 1.88 bits per heavy atom. The zero-order chi connectivity index (χ0) is 17.1. The Bertz CT molecular complexity index is 767. The van der Waals surface area contributed by atoms with Crippen LogP contribution in [0.2, 0.25) is 15.1 Å². The van der Waals surface area contributed by atoms with Gasteiger partial charge in [-0.3, -0.25) is 9.69 Å². The number of amides is 1. The fourth-order valence-corrected chi connectivity index (χ4v) is 3.12. The lowest BCUT2D eigenvalue weighted by molar-refractivity contribution is -0.117. The molecule has 1 aliphatic heterocycles. The highest BCUT2D eigenvalue weighted by Gasteiger charge is 2.18. The highest BCUT2D eigenvalue weighted by molar-refractivity contribution is 6.44. The number of halogens is 3. The molecule has 0 spiro atoms. The minimum atomic E-state index is -0.172. The van der Waals surface area contributed by atoms with Gasteiger partial charge in [0.05, 0.1) is 27.3 Å². The summed E-state index contributed by atoms with van der Waals surface area (Å²) in [5.74, 6) is 0.697. The fraction of sp³-hybridized carbons (Fsp3) is 0.235. The topological polar surface area (TPSA) is 41.6 Å². The van der Waals surface area contributed by atoms with E-state index in [9.17, 15) is 4.79 Å². The average Bonchev–Trinajstić information content (AvgIpc) is 2.74. The molecule has 0 saturated carbocycles. The molecule has 0 radical (unpaired) electrons. The maximum Gasteiger partial charge on any atom is 0.238 e. The van der Waals surface area contributed by atoms with Crippen molar-refractivity contribution in [1.29, 1.82) is 0 Å². The molecule has 0 bridgehead atoms. The first-order chi connectivity index (χ1) is 11.5. The quantitative estimate of drug-likeness (QED) is 0.792. The number of carbonyl (C=O) groups is 1. The molecular weight excluding hydrogens is 371 g/mol. The van der Waals surface area contributed by atoms with Crippen molar-refractivity contribution in [2.45, 2.75) is 6.54 Å². The highest BCUT2D eigenvalue weighted by atomic mass is 35.5. The molecule has 2 aromatic rings. The van der Waals surface area contributed by atoms with Gasteiger partial charge in [0, 0.05) is 18.7 Å². The first-order valence-electron chi connectivity index (χ1n) is 7.40. The highest BCUT2D eigenvalue weighted by Crippen LogP contribution is 2.32. The van der Waals surface area contributed by atoms with Crippen molar-refractivity contribution in [3.05, 3.63) is 57.0 Å². The summed E-state index contributed by atoms with van der Waals surface area (Å²) in [5.41, 5.74) is 1.51. The van der Waals surface area contributed by atoms with Gasteiger partial charge in [-0.1, -0.05) is 53.0 Å². The van der Waals surface area contributed by atoms with E-state index in [2.05, 4.69) is 5.32 Å². The standard InChI is InChI=1S/C17H15Cl3N2O2/c18-12-7-14(20)15(8-13(12)19)21-17(23)10-22-5-6-24-16-4-2-1-3-11(16)9-22/h1-4,7-8H,5-6,9-10H2,(H,21,23). The van der Waals surface area contributed by atoms with Crippen LogP contribution in [0.15, 0.2) is 36.4 Å². The molecule has 7 heteroatoms. The zero-order valence-electron chi connectivity index (χ0n) is 12.7. The van der Waals surface area contributed by atoms with E-state index in [0.29, 0.717) is 40.5 Å². The van der Waals surface area contributed by atoms with E-state index in [0.717, 1.165) is 11.3 Å². The Labute approximate surface area is 155 Å². The molecule has 24 heavy (non-hydrogen) atoms. The molecule has 0 atom stereocenters. The molecule has 0 fully saturated rings. The van der Waals surface area contributed by atoms with E-state index in [1.54, 1.807) is 6.07 Å². The lowest BCUT2D eigenvalue weighted by Gasteiger charge is -2.19. The van der Waals surface area contributed by atoms with Crippen LogP contribution in [0.5, 0.6) is 5.75 Å². The van der Waals surface area contributed by atoms with E-state index in [-0.39, 0.29) is 12.5 Å². The summed E-state index contributed by atoms with van der Waals surface area (Å²) in [6, 6.07) is 10.9. The number of hydrogen-bond acceptors (Lipinski definition) is 3. The van der Waals surface area contributed by atoms with Gasteiger partial charge >= 0.3 is 0 Å². The summed E-state index contributed by atoms with van der Waals surface area (Å²) in [6.45, 7) is 2.09. The van der Waals surface area contributed by atoms with Crippen LogP contribution < -0.4 is 10.1 Å². The SMILES string of the molecule is O=C(CN1CCOc2ccccc2C1)Nc1cc(Cl)c(Cl)cc1Cl. The Morgan fingerprint density at radius 3 is 2.71 bits per heavy atom. The van der Waals surface area contributed by atoms with Crippen LogP contribution in [0.1, 0.15) is 5.56 Å². The first-order valence-corrected chi connectivity index (χ1v) is 8.54. The van der Waals surface area contributed by atoms with Crippen molar-refractivity contribution < 1.29 is 9.53 Å². The minimum absolute atomic E-state index is 0.172. The van der Waals surface area contributed by atoms with E-state index in [1.165, 1.54) is 6.07 Å². The molecule has 0 saturated heterocycles. The Kier molecular flexibility index (Phi) is 5.51. The van der Waals surface area contributed by atoms with E-state index in [4.69, 9.17) is 39.5 Å². The normalized spacial score (nSPS) is 14.5. The number of nitrogens with one attached hydrogen (secondary N) is 1. The second-order valence-electron chi connectivity index (χ2n) is 5.46. The van der Waals surface area contributed by atoms with Gasteiger partial charge in [-0.25, -0.2) is 0 Å². The summed E-state index contributed by atoms with van der Waals surface area (Å²) in [6.07, 6.45) is 0. The van der Waals surface area contributed by atoms with Crippen molar-refractivity contribution in [3.63, 3.8) is 0 Å². The number of fused-ring (bicyclic) bond motifs is 1. The third-order valence-corrected chi connectivity index (χ3v) is 4.72. The van der Waals surface area contributed by atoms with Crippen LogP contribution in [0, 0.1) is 0 Å². The van der Waals surface area contributed by atoms with Gasteiger partial charge in [-0.2, -0.15) is 0 Å². The molecule has 1 aliphatic rings. The van der Waals surface area contributed by atoms with Gasteiger partial charge in [-0.05, 0) is 18.2 Å². The number of rotatable bonds is 3. The van der Waals surface area contributed by atoms with Crippen LogP contribution in [-0.4, -0.2) is 30.5 Å². The summed E-state index contributed by atoms with van der Waals surface area (Å²) < 4.78 is 5.70. The lowest BCUT2D eigenvalue weighted by Crippen LogP contribution is -2.34. The third kappa shape index (κ3) is 4.14. The van der Waals surface area contributed by atoms with Gasteiger partial charge in [0.15, 0.2) is 0 Å². The van der Waals surface area contributed by atoms with Gasteiger partial charge in [0.25, 0.3) is 0 Å². The molecule has 1 amide bonds. The van der Waals surface area contributed by atoms with Crippen LogP contribution in [0.4, 0.5) is 5.69 Å². The van der Waals surface area contributed by atoms with Crippen LogP contribution in [0.25, 0.3) is 0 Å².